The largest absolute Gasteiger partial charge is 0.344 e. The van der Waals surface area contributed by atoms with Crippen molar-refractivity contribution in [1.29, 1.82) is 0 Å². The number of carbonyl (C=O) groups is 1. The standard InChI is InChI=1S/C13H18IN5O/c14-10-8-16-9-17-12(10)19-5-1-2-11(19)13(20)18-6-3-15-4-7-18/h8-9,11,15H,1-7H2. The van der Waals surface area contributed by atoms with Gasteiger partial charge < -0.3 is 15.1 Å². The van der Waals surface area contributed by atoms with Gasteiger partial charge in [-0.3, -0.25) is 4.79 Å². The van der Waals surface area contributed by atoms with Crippen molar-refractivity contribution >= 4 is 34.3 Å². The molecule has 1 aromatic rings. The van der Waals surface area contributed by atoms with Crippen LogP contribution in [0, 0.1) is 3.57 Å². The number of halogens is 1. The Morgan fingerprint density at radius 3 is 2.90 bits per heavy atom. The zero-order valence-corrected chi connectivity index (χ0v) is 13.4. The van der Waals surface area contributed by atoms with E-state index < -0.39 is 0 Å². The maximum absolute atomic E-state index is 12.7. The molecule has 0 aromatic carbocycles. The van der Waals surface area contributed by atoms with Crippen LogP contribution in [0.25, 0.3) is 0 Å². The van der Waals surface area contributed by atoms with Gasteiger partial charge in [0.05, 0.1) is 3.57 Å². The van der Waals surface area contributed by atoms with E-state index >= 15 is 0 Å². The van der Waals surface area contributed by atoms with E-state index in [1.54, 1.807) is 12.5 Å². The third-order valence-electron chi connectivity index (χ3n) is 3.89. The van der Waals surface area contributed by atoms with E-state index in [0.29, 0.717) is 0 Å². The van der Waals surface area contributed by atoms with Crippen molar-refractivity contribution < 1.29 is 4.79 Å². The minimum atomic E-state index is -0.0588. The molecule has 2 saturated heterocycles. The lowest BCUT2D eigenvalue weighted by molar-refractivity contribution is -0.133. The number of hydrogen-bond acceptors (Lipinski definition) is 5. The van der Waals surface area contributed by atoms with E-state index in [4.69, 9.17) is 0 Å². The summed E-state index contributed by atoms with van der Waals surface area (Å²) in [7, 11) is 0. The average Bonchev–Trinajstić information content (AvgIpc) is 2.97. The van der Waals surface area contributed by atoms with E-state index in [0.717, 1.165) is 55.0 Å². The Hall–Kier alpha value is -0.960. The molecule has 1 unspecified atom stereocenters. The lowest BCUT2D eigenvalue weighted by atomic mass is 10.1. The van der Waals surface area contributed by atoms with Crippen LogP contribution in [0.15, 0.2) is 12.5 Å². The SMILES string of the molecule is O=C(C1CCCN1c1ncncc1I)N1CCNCC1. The van der Waals surface area contributed by atoms with Gasteiger partial charge in [-0.1, -0.05) is 0 Å². The molecular weight excluding hydrogens is 369 g/mol. The summed E-state index contributed by atoms with van der Waals surface area (Å²) in [6.45, 7) is 4.30. The summed E-state index contributed by atoms with van der Waals surface area (Å²) in [4.78, 5) is 25.2. The molecule has 0 radical (unpaired) electrons. The van der Waals surface area contributed by atoms with Gasteiger partial charge in [0.15, 0.2) is 0 Å². The monoisotopic (exact) mass is 387 g/mol. The smallest absolute Gasteiger partial charge is 0.245 e. The summed E-state index contributed by atoms with van der Waals surface area (Å²) in [6, 6.07) is -0.0588. The molecule has 6 nitrogen and oxygen atoms in total. The molecule has 2 aliphatic heterocycles. The van der Waals surface area contributed by atoms with Crippen LogP contribution in [0.2, 0.25) is 0 Å². The van der Waals surface area contributed by atoms with Crippen molar-refractivity contribution in [1.82, 2.24) is 20.2 Å². The molecule has 1 N–H and O–H groups in total. The Morgan fingerprint density at radius 1 is 1.35 bits per heavy atom. The summed E-state index contributed by atoms with van der Waals surface area (Å²) in [5.74, 6) is 1.14. The highest BCUT2D eigenvalue weighted by molar-refractivity contribution is 14.1. The van der Waals surface area contributed by atoms with Crippen molar-refractivity contribution in [3.05, 3.63) is 16.1 Å². The number of anilines is 1. The predicted molar refractivity (Wildman–Crippen MR) is 84.6 cm³/mol. The molecule has 7 heteroatoms. The zero-order chi connectivity index (χ0) is 13.9. The van der Waals surface area contributed by atoms with Crippen LogP contribution in [0.1, 0.15) is 12.8 Å². The number of nitrogens with one attached hydrogen (secondary N) is 1. The third-order valence-corrected chi connectivity index (χ3v) is 4.65. The van der Waals surface area contributed by atoms with Crippen LogP contribution < -0.4 is 10.2 Å². The van der Waals surface area contributed by atoms with Gasteiger partial charge >= 0.3 is 0 Å². The number of aromatic nitrogens is 2. The molecule has 1 aromatic heterocycles. The molecule has 108 valence electrons. The summed E-state index contributed by atoms with van der Waals surface area (Å²) < 4.78 is 1.00. The fourth-order valence-electron chi connectivity index (χ4n) is 2.89. The van der Waals surface area contributed by atoms with E-state index in [1.807, 2.05) is 4.90 Å². The Kier molecular flexibility index (Phi) is 4.35. The van der Waals surface area contributed by atoms with Gasteiger partial charge in [-0.2, -0.15) is 0 Å². The van der Waals surface area contributed by atoms with Crippen molar-refractivity contribution in [2.45, 2.75) is 18.9 Å². The Balaban J connectivity index is 1.78. The quantitative estimate of drug-likeness (QED) is 0.749. The van der Waals surface area contributed by atoms with Gasteiger partial charge in [0, 0.05) is 38.9 Å². The van der Waals surface area contributed by atoms with E-state index in [-0.39, 0.29) is 11.9 Å². The van der Waals surface area contributed by atoms with Crippen LogP contribution in [-0.2, 0) is 4.79 Å². The van der Waals surface area contributed by atoms with Crippen LogP contribution in [0.4, 0.5) is 5.82 Å². The van der Waals surface area contributed by atoms with Crippen LogP contribution in [-0.4, -0.2) is 59.5 Å². The number of amides is 1. The average molecular weight is 387 g/mol. The highest BCUT2D eigenvalue weighted by atomic mass is 127. The fraction of sp³-hybridized carbons (Fsp3) is 0.615. The number of nitrogens with zero attached hydrogens (tertiary/aromatic N) is 4. The zero-order valence-electron chi connectivity index (χ0n) is 11.3. The number of piperazine rings is 1. The first-order valence-corrected chi connectivity index (χ1v) is 8.07. The van der Waals surface area contributed by atoms with Crippen LogP contribution in [0.5, 0.6) is 0 Å². The molecule has 0 bridgehead atoms. The first-order chi connectivity index (χ1) is 9.77. The predicted octanol–water partition coefficient (Wildman–Crippen LogP) is 0.482. The van der Waals surface area contributed by atoms with Gasteiger partial charge in [0.1, 0.15) is 18.2 Å². The maximum atomic E-state index is 12.7. The molecular formula is C13H18IN5O. The first kappa shape index (κ1) is 14.0. The first-order valence-electron chi connectivity index (χ1n) is 6.99. The van der Waals surface area contributed by atoms with E-state index in [2.05, 4.69) is 42.8 Å². The minimum absolute atomic E-state index is 0.0588. The Bertz CT molecular complexity index is 491. The highest BCUT2D eigenvalue weighted by Crippen LogP contribution is 2.28. The summed E-state index contributed by atoms with van der Waals surface area (Å²) in [6.07, 6.45) is 5.32. The van der Waals surface area contributed by atoms with Crippen LogP contribution in [0.3, 0.4) is 0 Å². The fourth-order valence-corrected chi connectivity index (χ4v) is 3.50. The molecule has 3 rings (SSSR count). The summed E-state index contributed by atoms with van der Waals surface area (Å²) in [5, 5.41) is 3.28. The van der Waals surface area contributed by atoms with Gasteiger partial charge in [0.2, 0.25) is 5.91 Å². The Labute approximate surface area is 132 Å². The number of carbonyl (C=O) groups excluding carboxylic acids is 1. The topological polar surface area (TPSA) is 61.4 Å². The molecule has 0 spiro atoms. The van der Waals surface area contributed by atoms with Gasteiger partial charge in [-0.25, -0.2) is 9.97 Å². The molecule has 1 amide bonds. The van der Waals surface area contributed by atoms with Crippen molar-refractivity contribution in [2.75, 3.05) is 37.6 Å². The van der Waals surface area contributed by atoms with Crippen LogP contribution >= 0.6 is 22.6 Å². The lowest BCUT2D eigenvalue weighted by Crippen LogP contribution is -2.52. The van der Waals surface area contributed by atoms with E-state index in [1.165, 1.54) is 0 Å². The summed E-state index contributed by atoms with van der Waals surface area (Å²) in [5.41, 5.74) is 0. The minimum Gasteiger partial charge on any atom is -0.344 e. The van der Waals surface area contributed by atoms with E-state index in [9.17, 15) is 4.79 Å². The maximum Gasteiger partial charge on any atom is 0.245 e. The lowest BCUT2D eigenvalue weighted by Gasteiger charge is -2.33. The second-order valence-corrected chi connectivity index (χ2v) is 6.28. The molecule has 20 heavy (non-hydrogen) atoms. The second kappa shape index (κ2) is 6.21. The molecule has 0 saturated carbocycles. The third kappa shape index (κ3) is 2.73. The van der Waals surface area contributed by atoms with Crippen molar-refractivity contribution in [3.8, 4) is 0 Å². The Morgan fingerprint density at radius 2 is 2.15 bits per heavy atom. The van der Waals surface area contributed by atoms with Gasteiger partial charge in [0.25, 0.3) is 0 Å². The second-order valence-electron chi connectivity index (χ2n) is 5.12. The van der Waals surface area contributed by atoms with Gasteiger partial charge in [-0.05, 0) is 35.4 Å². The van der Waals surface area contributed by atoms with Crippen molar-refractivity contribution in [2.24, 2.45) is 0 Å². The summed E-state index contributed by atoms with van der Waals surface area (Å²) >= 11 is 2.24. The molecule has 2 aliphatic rings. The molecule has 0 aliphatic carbocycles. The van der Waals surface area contributed by atoms with Crippen molar-refractivity contribution in [3.63, 3.8) is 0 Å². The molecule has 2 fully saturated rings. The molecule has 1 atom stereocenters. The molecule has 3 heterocycles. The van der Waals surface area contributed by atoms with Gasteiger partial charge in [-0.15, -0.1) is 0 Å². The highest BCUT2D eigenvalue weighted by Gasteiger charge is 2.35. The number of rotatable bonds is 2. The number of hydrogen-bond donors (Lipinski definition) is 1. The normalized spacial score (nSPS) is 23.1.